The number of alkyl halides is 3. The molecule has 146 valence electrons. The number of hydrogen-bond acceptors (Lipinski definition) is 5. The van der Waals surface area contributed by atoms with Crippen LogP contribution in [0.1, 0.15) is 5.56 Å². The largest absolute Gasteiger partial charge is 0.417 e. The molecule has 11 heteroatoms. The first-order valence-electron chi connectivity index (χ1n) is 7.81. The van der Waals surface area contributed by atoms with Crippen LogP contribution in [-0.4, -0.2) is 26.5 Å². The highest BCUT2D eigenvalue weighted by Gasteiger charge is 2.33. The summed E-state index contributed by atoms with van der Waals surface area (Å²) in [5, 5.41) is 10.2. The van der Waals surface area contributed by atoms with Crippen molar-refractivity contribution in [3.63, 3.8) is 0 Å². The number of nitrogens with two attached hydrogens (primary N) is 1. The molecule has 0 radical (unpaired) electrons. The van der Waals surface area contributed by atoms with Crippen molar-refractivity contribution in [3.8, 4) is 11.4 Å². The van der Waals surface area contributed by atoms with E-state index in [2.05, 4.69) is 15.5 Å². The van der Waals surface area contributed by atoms with Gasteiger partial charge in [-0.1, -0.05) is 53.7 Å². The van der Waals surface area contributed by atoms with Gasteiger partial charge < -0.3 is 11.2 Å². The molecule has 0 fully saturated rings. The maximum absolute atomic E-state index is 12.9. The maximum Gasteiger partial charge on any atom is 0.417 e. The smallest absolute Gasteiger partial charge is 0.335 e. The highest BCUT2D eigenvalue weighted by atomic mass is 35.5. The normalized spacial score (nSPS) is 11.4. The third-order valence-corrected chi connectivity index (χ3v) is 4.86. The molecule has 3 N–H and O–H groups in total. The minimum absolute atomic E-state index is 0.0125. The van der Waals surface area contributed by atoms with Crippen molar-refractivity contribution in [2.75, 3.05) is 16.9 Å². The number of carbonyl (C=O) groups is 1. The van der Waals surface area contributed by atoms with E-state index in [1.165, 1.54) is 10.7 Å². The average Bonchev–Trinajstić information content (AvgIpc) is 3.02. The van der Waals surface area contributed by atoms with Crippen molar-refractivity contribution in [2.24, 2.45) is 0 Å². The van der Waals surface area contributed by atoms with Crippen molar-refractivity contribution < 1.29 is 18.0 Å². The number of benzene rings is 2. The molecule has 0 saturated heterocycles. The minimum atomic E-state index is -4.61. The molecular weight excluding hydrogens is 415 g/mol. The van der Waals surface area contributed by atoms with Crippen LogP contribution in [0.5, 0.6) is 0 Å². The van der Waals surface area contributed by atoms with Crippen LogP contribution < -0.4 is 11.2 Å². The van der Waals surface area contributed by atoms with Gasteiger partial charge in [-0.2, -0.15) is 13.2 Å². The molecule has 0 saturated carbocycles. The molecule has 3 aromatic rings. The van der Waals surface area contributed by atoms with Gasteiger partial charge in [-0.3, -0.25) is 4.79 Å². The van der Waals surface area contributed by atoms with Gasteiger partial charge in [0.25, 0.3) is 0 Å². The van der Waals surface area contributed by atoms with E-state index in [-0.39, 0.29) is 11.4 Å². The molecule has 0 spiro atoms. The Morgan fingerprint density at radius 2 is 1.89 bits per heavy atom. The number of halogens is 4. The van der Waals surface area contributed by atoms with E-state index < -0.39 is 22.7 Å². The van der Waals surface area contributed by atoms with Crippen molar-refractivity contribution in [1.82, 2.24) is 14.9 Å². The Hall–Kier alpha value is -2.72. The Kier molecular flexibility index (Phi) is 5.80. The van der Waals surface area contributed by atoms with E-state index in [1.54, 1.807) is 0 Å². The average molecular weight is 428 g/mol. The van der Waals surface area contributed by atoms with Gasteiger partial charge >= 0.3 is 6.18 Å². The Morgan fingerprint density at radius 3 is 2.57 bits per heavy atom. The van der Waals surface area contributed by atoms with Crippen LogP contribution in [0.3, 0.4) is 0 Å². The first-order valence-corrected chi connectivity index (χ1v) is 9.17. The summed E-state index contributed by atoms with van der Waals surface area (Å²) in [7, 11) is 0. The number of nitrogen functional groups attached to an aromatic ring is 1. The zero-order valence-corrected chi connectivity index (χ0v) is 15.6. The number of nitrogens with one attached hydrogen (secondary N) is 1. The van der Waals surface area contributed by atoms with E-state index in [1.807, 2.05) is 30.3 Å². The van der Waals surface area contributed by atoms with Gasteiger partial charge in [-0.25, -0.2) is 4.68 Å². The predicted molar refractivity (Wildman–Crippen MR) is 101 cm³/mol. The van der Waals surface area contributed by atoms with Gasteiger partial charge in [0, 0.05) is 11.3 Å². The fraction of sp³-hybridized carbons (Fsp3) is 0.118. The first-order chi connectivity index (χ1) is 13.3. The molecule has 0 atom stereocenters. The number of anilines is 1. The number of thioether (sulfide) groups is 1. The molecule has 0 bridgehead atoms. The van der Waals surface area contributed by atoms with Gasteiger partial charge in [0.2, 0.25) is 11.1 Å². The van der Waals surface area contributed by atoms with E-state index in [0.29, 0.717) is 11.0 Å². The first kappa shape index (κ1) is 20.0. The van der Waals surface area contributed by atoms with Crippen molar-refractivity contribution in [2.45, 2.75) is 11.3 Å². The molecule has 6 nitrogen and oxygen atoms in total. The quantitative estimate of drug-likeness (QED) is 0.473. The number of carbonyl (C=O) groups excluding carboxylic acids is 1. The Labute approximate surface area is 166 Å². The summed E-state index contributed by atoms with van der Waals surface area (Å²) in [6.07, 6.45) is -4.61. The zero-order valence-electron chi connectivity index (χ0n) is 14.1. The third-order valence-electron chi connectivity index (χ3n) is 3.58. The van der Waals surface area contributed by atoms with Crippen molar-refractivity contribution >= 4 is 35.0 Å². The molecule has 28 heavy (non-hydrogen) atoms. The summed E-state index contributed by atoms with van der Waals surface area (Å²) in [5.74, 6) is 5.74. The second-order valence-electron chi connectivity index (χ2n) is 5.57. The molecule has 1 heterocycles. The molecule has 3 rings (SSSR count). The van der Waals surface area contributed by atoms with E-state index in [4.69, 9.17) is 17.4 Å². The standard InChI is InChI=1S/C17H13ClF3N5OS/c18-13-7-6-11(8-12(13)17(19,20)21)23-14(27)9-28-16-25-24-15(26(16)22)10-4-2-1-3-5-10/h1-8H,9,22H2,(H,23,27). The van der Waals surface area contributed by atoms with Crippen LogP contribution in [0, 0.1) is 0 Å². The van der Waals surface area contributed by atoms with Crippen LogP contribution in [0.4, 0.5) is 18.9 Å². The van der Waals surface area contributed by atoms with Gasteiger partial charge in [0.05, 0.1) is 16.3 Å². The highest BCUT2D eigenvalue weighted by molar-refractivity contribution is 7.99. The van der Waals surface area contributed by atoms with Crippen LogP contribution in [0.25, 0.3) is 11.4 Å². The second-order valence-corrected chi connectivity index (χ2v) is 6.92. The number of rotatable bonds is 5. The molecule has 0 aliphatic rings. The number of aromatic nitrogens is 3. The molecule has 1 amide bonds. The minimum Gasteiger partial charge on any atom is -0.335 e. The van der Waals surface area contributed by atoms with Gasteiger partial charge in [-0.05, 0) is 18.2 Å². The number of hydrogen-bond donors (Lipinski definition) is 2. The van der Waals surface area contributed by atoms with Gasteiger partial charge in [0.15, 0.2) is 5.82 Å². The van der Waals surface area contributed by atoms with Crippen molar-refractivity contribution in [3.05, 3.63) is 59.1 Å². The topological polar surface area (TPSA) is 85.8 Å². The molecule has 0 aliphatic carbocycles. The molecule has 1 aromatic heterocycles. The number of amides is 1. The Bertz CT molecular complexity index is 994. The molecular formula is C17H13ClF3N5OS. The lowest BCUT2D eigenvalue weighted by atomic mass is 10.2. The van der Waals surface area contributed by atoms with Gasteiger partial charge in [-0.15, -0.1) is 10.2 Å². The fourth-order valence-corrected chi connectivity index (χ4v) is 3.19. The lowest BCUT2D eigenvalue weighted by molar-refractivity contribution is -0.137. The summed E-state index contributed by atoms with van der Waals surface area (Å²) in [6.45, 7) is 0. The monoisotopic (exact) mass is 427 g/mol. The van der Waals surface area contributed by atoms with Gasteiger partial charge in [0.1, 0.15) is 0 Å². The predicted octanol–water partition coefficient (Wildman–Crippen LogP) is 4.06. The fourth-order valence-electron chi connectivity index (χ4n) is 2.31. The molecule has 0 unspecified atom stereocenters. The molecule has 0 aliphatic heterocycles. The maximum atomic E-state index is 12.9. The second kappa shape index (κ2) is 8.11. The summed E-state index contributed by atoms with van der Waals surface area (Å²) in [6, 6.07) is 12.3. The van der Waals surface area contributed by atoms with Crippen LogP contribution >= 0.6 is 23.4 Å². The Morgan fingerprint density at radius 1 is 1.18 bits per heavy atom. The summed E-state index contributed by atoms with van der Waals surface area (Å²) < 4.78 is 39.9. The number of nitrogens with zero attached hydrogens (tertiary/aromatic N) is 3. The van der Waals surface area contributed by atoms with Crippen LogP contribution in [-0.2, 0) is 11.0 Å². The summed E-state index contributed by atoms with van der Waals surface area (Å²) in [4.78, 5) is 12.1. The van der Waals surface area contributed by atoms with E-state index in [0.717, 1.165) is 29.5 Å². The molecule has 2 aromatic carbocycles. The zero-order chi connectivity index (χ0) is 20.3. The lowest BCUT2D eigenvalue weighted by Crippen LogP contribution is -2.17. The summed E-state index contributed by atoms with van der Waals surface area (Å²) >= 11 is 6.57. The van der Waals surface area contributed by atoms with Crippen LogP contribution in [0.2, 0.25) is 5.02 Å². The third kappa shape index (κ3) is 4.57. The van der Waals surface area contributed by atoms with E-state index in [9.17, 15) is 18.0 Å². The summed E-state index contributed by atoms with van der Waals surface area (Å²) in [5.41, 5.74) is -0.273. The van der Waals surface area contributed by atoms with Crippen molar-refractivity contribution in [1.29, 1.82) is 0 Å². The Balaban J connectivity index is 1.65. The van der Waals surface area contributed by atoms with E-state index >= 15 is 0 Å². The lowest BCUT2D eigenvalue weighted by Gasteiger charge is -2.11. The highest BCUT2D eigenvalue weighted by Crippen LogP contribution is 2.36. The SMILES string of the molecule is Nn1c(SCC(=O)Nc2ccc(Cl)c(C(F)(F)F)c2)nnc1-c1ccccc1. The van der Waals surface area contributed by atoms with Crippen LogP contribution in [0.15, 0.2) is 53.7 Å².